The predicted octanol–water partition coefficient (Wildman–Crippen LogP) is 2.75. The van der Waals surface area contributed by atoms with E-state index < -0.39 is 5.91 Å². The molecule has 1 heterocycles. The van der Waals surface area contributed by atoms with Gasteiger partial charge in [-0.05, 0) is 30.9 Å². The van der Waals surface area contributed by atoms with Crippen LogP contribution in [0.3, 0.4) is 0 Å². The summed E-state index contributed by atoms with van der Waals surface area (Å²) in [6.07, 6.45) is 5.72. The molecule has 1 aromatic heterocycles. The lowest BCUT2D eigenvalue weighted by Crippen LogP contribution is -2.13. The SMILES string of the molecule is CCC1(CNc2sc(C(N)=O)c(N)c2SC)CC1. The number of carbonyl (C=O) groups is 1. The Hall–Kier alpha value is -0.880. The smallest absolute Gasteiger partial charge is 0.261 e. The number of carbonyl (C=O) groups excluding carboxylic acids is 1. The standard InChI is InChI=1S/C12H19N3OS2/c1-3-12(4-5-12)6-15-11-9(17-2)7(13)8(18-11)10(14)16/h15H,3-6,13H2,1-2H3,(H2,14,16). The number of rotatable bonds is 6. The van der Waals surface area contributed by atoms with Crippen LogP contribution < -0.4 is 16.8 Å². The fourth-order valence-corrected chi connectivity index (χ4v) is 3.91. The van der Waals surface area contributed by atoms with Gasteiger partial charge in [-0.3, -0.25) is 4.79 Å². The van der Waals surface area contributed by atoms with Crippen LogP contribution in [0.15, 0.2) is 4.90 Å². The van der Waals surface area contributed by atoms with Gasteiger partial charge in [0.1, 0.15) is 9.88 Å². The molecule has 0 aromatic carbocycles. The van der Waals surface area contributed by atoms with Gasteiger partial charge in [0.25, 0.3) is 5.91 Å². The Balaban J connectivity index is 2.16. The lowest BCUT2D eigenvalue weighted by molar-refractivity contribution is 0.100. The van der Waals surface area contributed by atoms with E-state index in [0.29, 0.717) is 16.0 Å². The highest BCUT2D eigenvalue weighted by Gasteiger charge is 2.40. The van der Waals surface area contributed by atoms with Crippen LogP contribution in [0.4, 0.5) is 10.7 Å². The zero-order chi connectivity index (χ0) is 13.3. The molecule has 5 N–H and O–H groups in total. The summed E-state index contributed by atoms with van der Waals surface area (Å²) >= 11 is 2.92. The minimum atomic E-state index is -0.447. The Morgan fingerprint density at radius 2 is 2.22 bits per heavy atom. The van der Waals surface area contributed by atoms with Crippen molar-refractivity contribution in [2.75, 3.05) is 23.9 Å². The minimum absolute atomic E-state index is 0.447. The number of hydrogen-bond donors (Lipinski definition) is 3. The zero-order valence-electron chi connectivity index (χ0n) is 10.7. The third kappa shape index (κ3) is 2.44. The lowest BCUT2D eigenvalue weighted by atomic mass is 10.0. The quantitative estimate of drug-likeness (QED) is 0.702. The van der Waals surface area contributed by atoms with Crippen molar-refractivity contribution in [3.8, 4) is 0 Å². The summed E-state index contributed by atoms with van der Waals surface area (Å²) in [4.78, 5) is 12.7. The van der Waals surface area contributed by atoms with Crippen molar-refractivity contribution in [3.63, 3.8) is 0 Å². The summed E-state index contributed by atoms with van der Waals surface area (Å²) in [5, 5.41) is 4.42. The Bertz CT molecular complexity index is 466. The van der Waals surface area contributed by atoms with E-state index in [9.17, 15) is 4.79 Å². The van der Waals surface area contributed by atoms with Gasteiger partial charge in [-0.25, -0.2) is 0 Å². The minimum Gasteiger partial charge on any atom is -0.396 e. The number of thioether (sulfide) groups is 1. The van der Waals surface area contributed by atoms with Gasteiger partial charge in [0.15, 0.2) is 0 Å². The van der Waals surface area contributed by atoms with Crippen molar-refractivity contribution in [2.45, 2.75) is 31.1 Å². The summed E-state index contributed by atoms with van der Waals surface area (Å²) in [7, 11) is 0. The highest BCUT2D eigenvalue weighted by molar-refractivity contribution is 7.99. The first-order valence-corrected chi connectivity index (χ1v) is 8.07. The monoisotopic (exact) mass is 285 g/mol. The van der Waals surface area contributed by atoms with Crippen molar-refractivity contribution < 1.29 is 4.79 Å². The lowest BCUT2D eigenvalue weighted by Gasteiger charge is -2.14. The van der Waals surface area contributed by atoms with Crippen LogP contribution in [0.2, 0.25) is 0 Å². The Morgan fingerprint density at radius 3 is 2.67 bits per heavy atom. The van der Waals surface area contributed by atoms with Crippen molar-refractivity contribution >= 4 is 39.7 Å². The molecule has 0 bridgehead atoms. The van der Waals surface area contributed by atoms with Gasteiger partial charge in [-0.1, -0.05) is 6.92 Å². The number of amides is 1. The fraction of sp³-hybridized carbons (Fsp3) is 0.583. The first-order chi connectivity index (χ1) is 8.53. The van der Waals surface area contributed by atoms with Crippen molar-refractivity contribution in [2.24, 2.45) is 11.1 Å². The van der Waals surface area contributed by atoms with Crippen LogP contribution in [0.5, 0.6) is 0 Å². The third-order valence-electron chi connectivity index (χ3n) is 3.66. The molecule has 0 unspecified atom stereocenters. The molecule has 4 nitrogen and oxygen atoms in total. The largest absolute Gasteiger partial charge is 0.396 e. The molecule has 18 heavy (non-hydrogen) atoms. The van der Waals surface area contributed by atoms with Gasteiger partial charge in [0.2, 0.25) is 0 Å². The molecular weight excluding hydrogens is 266 g/mol. The molecule has 0 aliphatic heterocycles. The molecule has 0 radical (unpaired) electrons. The molecule has 100 valence electrons. The van der Waals surface area contributed by atoms with Crippen LogP contribution in [0.1, 0.15) is 35.9 Å². The van der Waals surface area contributed by atoms with E-state index in [4.69, 9.17) is 11.5 Å². The summed E-state index contributed by atoms with van der Waals surface area (Å²) in [5.74, 6) is -0.447. The highest BCUT2D eigenvalue weighted by Crippen LogP contribution is 2.49. The first-order valence-electron chi connectivity index (χ1n) is 6.03. The highest BCUT2D eigenvalue weighted by atomic mass is 32.2. The van der Waals surface area contributed by atoms with E-state index in [1.807, 2.05) is 6.26 Å². The van der Waals surface area contributed by atoms with Crippen molar-refractivity contribution in [1.29, 1.82) is 0 Å². The molecule has 1 amide bonds. The van der Waals surface area contributed by atoms with Crippen LogP contribution in [-0.4, -0.2) is 18.7 Å². The maximum Gasteiger partial charge on any atom is 0.261 e. The number of anilines is 2. The average molecular weight is 285 g/mol. The first kappa shape index (κ1) is 13.5. The van der Waals surface area contributed by atoms with E-state index in [0.717, 1.165) is 16.4 Å². The number of nitrogens with one attached hydrogen (secondary N) is 1. The van der Waals surface area contributed by atoms with E-state index in [-0.39, 0.29) is 0 Å². The summed E-state index contributed by atoms with van der Waals surface area (Å²) < 4.78 is 0. The summed E-state index contributed by atoms with van der Waals surface area (Å²) in [5.41, 5.74) is 12.3. The molecule has 1 aliphatic carbocycles. The Kier molecular flexibility index (Phi) is 3.77. The van der Waals surface area contributed by atoms with Crippen molar-refractivity contribution in [1.82, 2.24) is 0 Å². The van der Waals surface area contributed by atoms with E-state index >= 15 is 0 Å². The van der Waals surface area contributed by atoms with E-state index in [2.05, 4.69) is 12.2 Å². The van der Waals surface area contributed by atoms with Gasteiger partial charge in [0, 0.05) is 6.54 Å². The van der Waals surface area contributed by atoms with Gasteiger partial charge < -0.3 is 16.8 Å². The number of primary amides is 1. The van der Waals surface area contributed by atoms with Gasteiger partial charge in [-0.15, -0.1) is 23.1 Å². The molecular formula is C12H19N3OS2. The molecule has 0 spiro atoms. The molecule has 1 aromatic rings. The normalized spacial score (nSPS) is 16.6. The van der Waals surface area contributed by atoms with Gasteiger partial charge in [0.05, 0.1) is 10.6 Å². The fourth-order valence-electron chi connectivity index (χ4n) is 2.03. The molecule has 6 heteroatoms. The van der Waals surface area contributed by atoms with Crippen LogP contribution in [0, 0.1) is 5.41 Å². The van der Waals surface area contributed by atoms with E-state index in [1.54, 1.807) is 11.8 Å². The predicted molar refractivity (Wildman–Crippen MR) is 79.5 cm³/mol. The second-order valence-corrected chi connectivity index (χ2v) is 6.62. The number of thiophene rings is 1. The molecule has 1 aliphatic rings. The Labute approximate surface area is 115 Å². The second-order valence-electron chi connectivity index (χ2n) is 4.78. The molecule has 1 saturated carbocycles. The molecule has 0 atom stereocenters. The van der Waals surface area contributed by atoms with Gasteiger partial charge in [-0.2, -0.15) is 0 Å². The molecule has 1 fully saturated rings. The van der Waals surface area contributed by atoms with Crippen LogP contribution >= 0.6 is 23.1 Å². The number of nitrogen functional groups attached to an aromatic ring is 1. The molecule has 2 rings (SSSR count). The second kappa shape index (κ2) is 5.01. The summed E-state index contributed by atoms with van der Waals surface area (Å²) in [6, 6.07) is 0. The van der Waals surface area contributed by atoms with Gasteiger partial charge >= 0.3 is 0 Å². The maximum absolute atomic E-state index is 11.3. The molecule has 0 saturated heterocycles. The summed E-state index contributed by atoms with van der Waals surface area (Å²) in [6.45, 7) is 3.18. The van der Waals surface area contributed by atoms with Crippen LogP contribution in [0.25, 0.3) is 0 Å². The Morgan fingerprint density at radius 1 is 1.56 bits per heavy atom. The number of nitrogens with two attached hydrogens (primary N) is 2. The van der Waals surface area contributed by atoms with E-state index in [1.165, 1.54) is 30.6 Å². The average Bonchev–Trinajstić information content (AvgIpc) is 3.05. The van der Waals surface area contributed by atoms with Crippen molar-refractivity contribution in [3.05, 3.63) is 4.88 Å². The maximum atomic E-state index is 11.3. The zero-order valence-corrected chi connectivity index (χ0v) is 12.3. The van der Waals surface area contributed by atoms with Crippen LogP contribution in [-0.2, 0) is 0 Å². The topological polar surface area (TPSA) is 81.1 Å². The third-order valence-corrected chi connectivity index (χ3v) is 5.80. The number of hydrogen-bond acceptors (Lipinski definition) is 5.